The summed E-state index contributed by atoms with van der Waals surface area (Å²) in [5.74, 6) is -0.235. The summed E-state index contributed by atoms with van der Waals surface area (Å²) in [5.41, 5.74) is 2.41. The van der Waals surface area contributed by atoms with E-state index in [2.05, 4.69) is 17.2 Å². The van der Waals surface area contributed by atoms with Gasteiger partial charge in [-0.15, -0.1) is 0 Å². The monoisotopic (exact) mass is 274 g/mol. The lowest BCUT2D eigenvalue weighted by molar-refractivity contribution is 0.102. The van der Waals surface area contributed by atoms with Crippen molar-refractivity contribution in [3.63, 3.8) is 0 Å². The molecule has 2 rings (SSSR count). The summed E-state index contributed by atoms with van der Waals surface area (Å²) in [7, 11) is 0. The van der Waals surface area contributed by atoms with E-state index in [1.807, 2.05) is 18.2 Å². The van der Waals surface area contributed by atoms with Crippen molar-refractivity contribution < 1.29 is 9.13 Å². The molecule has 0 amide bonds. The quantitative estimate of drug-likeness (QED) is 0.842. The molecule has 0 saturated carbocycles. The van der Waals surface area contributed by atoms with Gasteiger partial charge in [-0.2, -0.15) is 0 Å². The molecule has 0 spiro atoms. The molecule has 0 atom stereocenters. The van der Waals surface area contributed by atoms with E-state index in [-0.39, 0.29) is 12.4 Å². The van der Waals surface area contributed by atoms with E-state index in [9.17, 15) is 4.39 Å². The van der Waals surface area contributed by atoms with Crippen molar-refractivity contribution in [3.05, 3.63) is 65.2 Å². The molecule has 1 aromatic heterocycles. The van der Waals surface area contributed by atoms with Crippen molar-refractivity contribution in [1.82, 2.24) is 10.3 Å². The Morgan fingerprint density at radius 3 is 2.65 bits per heavy atom. The molecule has 1 N–H and O–H groups in total. The minimum absolute atomic E-state index is 0.235. The molecule has 106 valence electrons. The van der Waals surface area contributed by atoms with Crippen LogP contribution in [0.2, 0.25) is 0 Å². The third-order valence-corrected chi connectivity index (χ3v) is 2.89. The second-order valence-corrected chi connectivity index (χ2v) is 4.48. The predicted octanol–water partition coefficient (Wildman–Crippen LogP) is 3.05. The number of ether oxygens (including phenoxy) is 1. The fraction of sp³-hybridized carbons (Fsp3) is 0.312. The van der Waals surface area contributed by atoms with Gasteiger partial charge in [0.1, 0.15) is 5.82 Å². The van der Waals surface area contributed by atoms with Crippen molar-refractivity contribution in [3.8, 4) is 0 Å². The molecule has 0 aliphatic rings. The highest BCUT2D eigenvalue weighted by Crippen LogP contribution is 2.09. The van der Waals surface area contributed by atoms with E-state index in [0.717, 1.165) is 24.5 Å². The zero-order valence-electron chi connectivity index (χ0n) is 11.6. The summed E-state index contributed by atoms with van der Waals surface area (Å²) in [5, 5.41) is 3.23. The molecule has 0 radical (unpaired) electrons. The lowest BCUT2D eigenvalue weighted by Crippen LogP contribution is -2.13. The highest BCUT2D eigenvalue weighted by atomic mass is 19.1. The van der Waals surface area contributed by atoms with Gasteiger partial charge in [0, 0.05) is 12.1 Å². The molecule has 0 saturated heterocycles. The Bertz CT molecular complexity index is 546. The van der Waals surface area contributed by atoms with Gasteiger partial charge >= 0.3 is 0 Å². The van der Waals surface area contributed by atoms with E-state index < -0.39 is 0 Å². The van der Waals surface area contributed by atoms with Gasteiger partial charge in [0.2, 0.25) is 0 Å². The number of nitrogens with zero attached hydrogens (tertiary/aromatic N) is 1. The molecular formula is C16H19FN2O. The maximum absolute atomic E-state index is 13.4. The minimum Gasteiger partial charge on any atom is -0.370 e. The van der Waals surface area contributed by atoms with Gasteiger partial charge in [-0.3, -0.25) is 4.98 Å². The van der Waals surface area contributed by atoms with Crippen molar-refractivity contribution in [2.24, 2.45) is 0 Å². The van der Waals surface area contributed by atoms with Crippen LogP contribution in [-0.2, 0) is 24.5 Å². The Morgan fingerprint density at radius 1 is 1.05 bits per heavy atom. The first-order valence-corrected chi connectivity index (χ1v) is 6.76. The van der Waals surface area contributed by atoms with Crippen LogP contribution >= 0.6 is 0 Å². The number of halogens is 1. The first kappa shape index (κ1) is 14.6. The van der Waals surface area contributed by atoms with Crippen LogP contribution in [0.1, 0.15) is 23.9 Å². The fourth-order valence-electron chi connectivity index (χ4n) is 1.84. The normalized spacial score (nSPS) is 10.7. The standard InChI is InChI=1S/C16H19FN2O/c1-2-18-10-14-7-5-8-15(19-14)12-20-11-13-6-3-4-9-16(13)17/h3-9,18H,2,10-12H2,1H3. The number of benzene rings is 1. The summed E-state index contributed by atoms with van der Waals surface area (Å²) < 4.78 is 18.9. The molecule has 1 aromatic carbocycles. The van der Waals surface area contributed by atoms with Crippen molar-refractivity contribution in [2.45, 2.75) is 26.7 Å². The first-order valence-electron chi connectivity index (χ1n) is 6.76. The average Bonchev–Trinajstić information content (AvgIpc) is 2.48. The van der Waals surface area contributed by atoms with E-state index in [0.29, 0.717) is 12.2 Å². The highest BCUT2D eigenvalue weighted by molar-refractivity contribution is 5.16. The number of aromatic nitrogens is 1. The minimum atomic E-state index is -0.235. The van der Waals surface area contributed by atoms with Crippen LogP contribution in [0, 0.1) is 5.82 Å². The highest BCUT2D eigenvalue weighted by Gasteiger charge is 2.02. The smallest absolute Gasteiger partial charge is 0.128 e. The number of hydrogen-bond donors (Lipinski definition) is 1. The van der Waals surface area contributed by atoms with E-state index in [1.165, 1.54) is 6.07 Å². The van der Waals surface area contributed by atoms with Crippen LogP contribution in [0.25, 0.3) is 0 Å². The molecular weight excluding hydrogens is 255 g/mol. The number of pyridine rings is 1. The maximum atomic E-state index is 13.4. The molecule has 4 heteroatoms. The van der Waals surface area contributed by atoms with Crippen LogP contribution in [0.5, 0.6) is 0 Å². The fourth-order valence-corrected chi connectivity index (χ4v) is 1.84. The lowest BCUT2D eigenvalue weighted by Gasteiger charge is -2.07. The molecule has 0 bridgehead atoms. The number of hydrogen-bond acceptors (Lipinski definition) is 3. The largest absolute Gasteiger partial charge is 0.370 e. The molecule has 1 heterocycles. The molecule has 2 aromatic rings. The van der Waals surface area contributed by atoms with Crippen LogP contribution in [0.3, 0.4) is 0 Å². The second-order valence-electron chi connectivity index (χ2n) is 4.48. The van der Waals surface area contributed by atoms with E-state index in [1.54, 1.807) is 18.2 Å². The molecule has 0 aliphatic carbocycles. The molecule has 3 nitrogen and oxygen atoms in total. The number of rotatable bonds is 7. The second kappa shape index (κ2) is 7.72. The summed E-state index contributed by atoms with van der Waals surface area (Å²) in [6.07, 6.45) is 0. The molecule has 20 heavy (non-hydrogen) atoms. The average molecular weight is 274 g/mol. The Balaban J connectivity index is 1.86. The Hall–Kier alpha value is -1.78. The van der Waals surface area contributed by atoms with Crippen LogP contribution < -0.4 is 5.32 Å². The third kappa shape index (κ3) is 4.40. The van der Waals surface area contributed by atoms with Gasteiger partial charge in [-0.05, 0) is 24.7 Å². The zero-order chi connectivity index (χ0) is 14.2. The molecule has 0 fully saturated rings. The Labute approximate surface area is 118 Å². The molecule has 0 unspecified atom stereocenters. The third-order valence-electron chi connectivity index (χ3n) is 2.89. The van der Waals surface area contributed by atoms with Crippen molar-refractivity contribution >= 4 is 0 Å². The van der Waals surface area contributed by atoms with E-state index in [4.69, 9.17) is 4.74 Å². The SMILES string of the molecule is CCNCc1cccc(COCc2ccccc2F)n1. The van der Waals surface area contributed by atoms with Crippen LogP contribution in [0.4, 0.5) is 4.39 Å². The van der Waals surface area contributed by atoms with Gasteiger partial charge in [0.05, 0.1) is 24.6 Å². The van der Waals surface area contributed by atoms with Crippen molar-refractivity contribution in [1.29, 1.82) is 0 Å². The first-order chi connectivity index (χ1) is 9.79. The zero-order valence-corrected chi connectivity index (χ0v) is 11.6. The van der Waals surface area contributed by atoms with Gasteiger partial charge < -0.3 is 10.1 Å². The topological polar surface area (TPSA) is 34.1 Å². The van der Waals surface area contributed by atoms with Crippen LogP contribution in [0.15, 0.2) is 42.5 Å². The Kier molecular flexibility index (Phi) is 5.65. The maximum Gasteiger partial charge on any atom is 0.128 e. The Morgan fingerprint density at radius 2 is 1.85 bits per heavy atom. The van der Waals surface area contributed by atoms with Crippen LogP contribution in [-0.4, -0.2) is 11.5 Å². The summed E-state index contributed by atoms with van der Waals surface area (Å²) in [6.45, 7) is 4.36. The van der Waals surface area contributed by atoms with E-state index >= 15 is 0 Å². The van der Waals surface area contributed by atoms with Gasteiger partial charge in [0.15, 0.2) is 0 Å². The van der Waals surface area contributed by atoms with Gasteiger partial charge in [0.25, 0.3) is 0 Å². The van der Waals surface area contributed by atoms with Gasteiger partial charge in [-0.25, -0.2) is 4.39 Å². The summed E-state index contributed by atoms with van der Waals surface area (Å²) in [6, 6.07) is 12.5. The van der Waals surface area contributed by atoms with Gasteiger partial charge in [-0.1, -0.05) is 31.2 Å². The molecule has 0 aliphatic heterocycles. The van der Waals surface area contributed by atoms with Crippen molar-refractivity contribution in [2.75, 3.05) is 6.54 Å². The number of nitrogens with one attached hydrogen (secondary N) is 1. The summed E-state index contributed by atoms with van der Waals surface area (Å²) in [4.78, 5) is 4.48. The lowest BCUT2D eigenvalue weighted by atomic mass is 10.2. The predicted molar refractivity (Wildman–Crippen MR) is 76.5 cm³/mol. The summed E-state index contributed by atoms with van der Waals surface area (Å²) >= 11 is 0.